The van der Waals surface area contributed by atoms with E-state index in [4.69, 9.17) is 14.2 Å². The summed E-state index contributed by atoms with van der Waals surface area (Å²) in [6, 6.07) is 0. The zero-order valence-electron chi connectivity index (χ0n) is 49.2. The quantitative estimate of drug-likeness (QED) is 0.0261. The van der Waals surface area contributed by atoms with Crippen LogP contribution in [0.2, 0.25) is 0 Å². The Morgan fingerprint density at radius 3 is 0.808 bits per heavy atom. The summed E-state index contributed by atoms with van der Waals surface area (Å²) >= 11 is 0. The van der Waals surface area contributed by atoms with Crippen LogP contribution >= 0.6 is 0 Å². The van der Waals surface area contributed by atoms with E-state index in [0.29, 0.717) is 19.3 Å². The standard InChI is InChI=1S/C67H124O6/c1-4-7-10-13-16-19-22-24-26-27-28-29-30-31-32-33-34-35-36-37-38-39-40-41-43-45-48-51-54-57-60-66(69)72-63-64(62-71-65(68)59-56-53-50-47-44-21-18-15-12-9-6-3)73-67(70)61-58-55-52-49-46-42-25-23-20-17-14-11-8-5-2/h14-15,17-18,23,25,64H,4-13,16,19-22,24,26-63H2,1-3H3/b17-14-,18-15-,25-23-. The van der Waals surface area contributed by atoms with Crippen molar-refractivity contribution in [3.8, 4) is 0 Å². The van der Waals surface area contributed by atoms with Gasteiger partial charge >= 0.3 is 17.9 Å². The third-order valence-electron chi connectivity index (χ3n) is 14.6. The molecule has 0 spiro atoms. The molecule has 0 rings (SSSR count). The molecule has 0 fully saturated rings. The molecule has 73 heavy (non-hydrogen) atoms. The largest absolute Gasteiger partial charge is 0.462 e. The van der Waals surface area contributed by atoms with Gasteiger partial charge in [0.15, 0.2) is 6.10 Å². The molecule has 0 heterocycles. The third kappa shape index (κ3) is 60.4. The van der Waals surface area contributed by atoms with Crippen LogP contribution < -0.4 is 0 Å². The lowest BCUT2D eigenvalue weighted by atomic mass is 10.0. The number of allylic oxidation sites excluding steroid dienone is 6. The van der Waals surface area contributed by atoms with Crippen molar-refractivity contribution in [2.75, 3.05) is 13.2 Å². The normalized spacial score (nSPS) is 12.2. The Morgan fingerprint density at radius 1 is 0.274 bits per heavy atom. The Morgan fingerprint density at radius 2 is 0.507 bits per heavy atom. The summed E-state index contributed by atoms with van der Waals surface area (Å²) < 4.78 is 16.9. The molecule has 6 nitrogen and oxygen atoms in total. The summed E-state index contributed by atoms with van der Waals surface area (Å²) in [7, 11) is 0. The van der Waals surface area contributed by atoms with Crippen molar-refractivity contribution in [2.24, 2.45) is 0 Å². The fourth-order valence-corrected chi connectivity index (χ4v) is 9.68. The van der Waals surface area contributed by atoms with Gasteiger partial charge in [-0.05, 0) is 64.2 Å². The van der Waals surface area contributed by atoms with Crippen LogP contribution in [0.25, 0.3) is 0 Å². The molecular formula is C67H124O6. The number of carbonyl (C=O) groups excluding carboxylic acids is 3. The second kappa shape index (κ2) is 62.2. The van der Waals surface area contributed by atoms with E-state index in [1.54, 1.807) is 0 Å². The predicted molar refractivity (Wildman–Crippen MR) is 316 cm³/mol. The number of ether oxygens (including phenoxy) is 3. The Labute approximate surface area is 455 Å². The average Bonchev–Trinajstić information content (AvgIpc) is 3.39. The molecule has 0 aliphatic rings. The van der Waals surface area contributed by atoms with Crippen molar-refractivity contribution in [1.29, 1.82) is 0 Å². The van der Waals surface area contributed by atoms with Crippen LogP contribution in [0.4, 0.5) is 0 Å². The minimum atomic E-state index is -0.780. The van der Waals surface area contributed by atoms with Gasteiger partial charge in [-0.25, -0.2) is 0 Å². The molecule has 0 aromatic rings. The molecule has 428 valence electrons. The van der Waals surface area contributed by atoms with Crippen molar-refractivity contribution in [3.05, 3.63) is 36.5 Å². The van der Waals surface area contributed by atoms with Gasteiger partial charge in [0.25, 0.3) is 0 Å². The molecule has 0 amide bonds. The maximum atomic E-state index is 12.8. The van der Waals surface area contributed by atoms with E-state index in [1.807, 2.05) is 0 Å². The number of unbranched alkanes of at least 4 members (excludes halogenated alkanes) is 43. The molecule has 0 saturated heterocycles. The molecule has 0 radical (unpaired) electrons. The van der Waals surface area contributed by atoms with Crippen LogP contribution in [0.3, 0.4) is 0 Å². The second-order valence-corrected chi connectivity index (χ2v) is 22.0. The lowest BCUT2D eigenvalue weighted by molar-refractivity contribution is -0.167. The monoisotopic (exact) mass is 1020 g/mol. The van der Waals surface area contributed by atoms with Crippen LogP contribution in [0.5, 0.6) is 0 Å². The van der Waals surface area contributed by atoms with Crippen LogP contribution in [0, 0.1) is 0 Å². The molecule has 6 heteroatoms. The van der Waals surface area contributed by atoms with E-state index in [1.165, 1.54) is 225 Å². The fraction of sp³-hybridized carbons (Fsp3) is 0.866. The van der Waals surface area contributed by atoms with Gasteiger partial charge in [-0.15, -0.1) is 0 Å². The maximum Gasteiger partial charge on any atom is 0.306 e. The predicted octanol–water partition coefficient (Wildman–Crippen LogP) is 22.0. The van der Waals surface area contributed by atoms with Gasteiger partial charge in [0.1, 0.15) is 13.2 Å². The highest BCUT2D eigenvalue weighted by atomic mass is 16.6. The van der Waals surface area contributed by atoms with E-state index in [0.717, 1.165) is 89.9 Å². The number of esters is 3. The van der Waals surface area contributed by atoms with Crippen molar-refractivity contribution < 1.29 is 28.6 Å². The van der Waals surface area contributed by atoms with Crippen molar-refractivity contribution in [3.63, 3.8) is 0 Å². The van der Waals surface area contributed by atoms with Gasteiger partial charge in [-0.3, -0.25) is 14.4 Å². The Balaban J connectivity index is 4.08. The van der Waals surface area contributed by atoms with Gasteiger partial charge in [-0.2, -0.15) is 0 Å². The lowest BCUT2D eigenvalue weighted by Crippen LogP contribution is -2.30. The van der Waals surface area contributed by atoms with Gasteiger partial charge in [-0.1, -0.05) is 308 Å². The summed E-state index contributed by atoms with van der Waals surface area (Å²) in [5.41, 5.74) is 0. The van der Waals surface area contributed by atoms with E-state index < -0.39 is 6.10 Å². The number of carbonyl (C=O) groups is 3. The van der Waals surface area contributed by atoms with E-state index in [-0.39, 0.29) is 31.1 Å². The first-order valence-corrected chi connectivity index (χ1v) is 32.5. The Bertz CT molecular complexity index is 1220. The first-order valence-electron chi connectivity index (χ1n) is 32.5. The molecule has 1 atom stereocenters. The van der Waals surface area contributed by atoms with Gasteiger partial charge in [0.05, 0.1) is 0 Å². The fourth-order valence-electron chi connectivity index (χ4n) is 9.68. The highest BCUT2D eigenvalue weighted by Crippen LogP contribution is 2.18. The third-order valence-corrected chi connectivity index (χ3v) is 14.6. The smallest absolute Gasteiger partial charge is 0.306 e. The highest BCUT2D eigenvalue weighted by Gasteiger charge is 2.19. The van der Waals surface area contributed by atoms with Crippen LogP contribution in [0.1, 0.15) is 355 Å². The summed E-state index contributed by atoms with van der Waals surface area (Å²) in [5, 5.41) is 0. The molecule has 0 aromatic heterocycles. The van der Waals surface area contributed by atoms with Crippen LogP contribution in [-0.4, -0.2) is 37.2 Å². The first kappa shape index (κ1) is 70.6. The van der Waals surface area contributed by atoms with Gasteiger partial charge in [0, 0.05) is 19.3 Å². The van der Waals surface area contributed by atoms with Gasteiger partial charge in [0.2, 0.25) is 0 Å². The average molecular weight is 1030 g/mol. The summed E-state index contributed by atoms with van der Waals surface area (Å²) in [6.07, 6.45) is 76.1. The van der Waals surface area contributed by atoms with E-state index in [2.05, 4.69) is 57.2 Å². The topological polar surface area (TPSA) is 78.9 Å². The maximum absolute atomic E-state index is 12.8. The van der Waals surface area contributed by atoms with Crippen molar-refractivity contribution in [2.45, 2.75) is 361 Å². The number of hydrogen-bond acceptors (Lipinski definition) is 6. The molecule has 0 bridgehead atoms. The molecule has 0 aromatic carbocycles. The SMILES string of the molecule is CCCC/C=C\C/C=C\CCCCCCCC(=O)OC(COC(=O)CCCCCCC/C=C\CCCC)COC(=O)CCCCCCCCCCCCCCCCCCCCCCCCCCCCCCCC. The van der Waals surface area contributed by atoms with Crippen molar-refractivity contribution in [1.82, 2.24) is 0 Å². The molecular weight excluding hydrogens is 901 g/mol. The molecule has 1 unspecified atom stereocenters. The van der Waals surface area contributed by atoms with E-state index >= 15 is 0 Å². The zero-order valence-corrected chi connectivity index (χ0v) is 49.2. The Hall–Kier alpha value is -2.37. The summed E-state index contributed by atoms with van der Waals surface area (Å²) in [4.78, 5) is 38.1. The van der Waals surface area contributed by atoms with Crippen LogP contribution in [0.15, 0.2) is 36.5 Å². The van der Waals surface area contributed by atoms with E-state index in [9.17, 15) is 14.4 Å². The second-order valence-electron chi connectivity index (χ2n) is 22.0. The number of hydrogen-bond donors (Lipinski definition) is 0. The Kier molecular flexibility index (Phi) is 60.2. The summed E-state index contributed by atoms with van der Waals surface area (Å²) in [6.45, 7) is 6.59. The molecule has 0 aliphatic heterocycles. The van der Waals surface area contributed by atoms with Crippen molar-refractivity contribution >= 4 is 17.9 Å². The van der Waals surface area contributed by atoms with Gasteiger partial charge < -0.3 is 14.2 Å². The lowest BCUT2D eigenvalue weighted by Gasteiger charge is -2.18. The molecule has 0 saturated carbocycles. The molecule has 0 N–H and O–H groups in total. The minimum Gasteiger partial charge on any atom is -0.462 e. The zero-order chi connectivity index (χ0) is 52.9. The molecule has 0 aliphatic carbocycles. The number of rotatable bonds is 60. The minimum absolute atomic E-state index is 0.0770. The summed E-state index contributed by atoms with van der Waals surface area (Å²) in [5.74, 6) is -0.883. The first-order chi connectivity index (χ1) is 36.0. The van der Waals surface area contributed by atoms with Crippen LogP contribution in [-0.2, 0) is 28.6 Å². The highest BCUT2D eigenvalue weighted by molar-refractivity contribution is 5.71.